The van der Waals surface area contributed by atoms with E-state index in [-0.39, 0.29) is 0 Å². The summed E-state index contributed by atoms with van der Waals surface area (Å²) >= 11 is 0. The second-order valence-electron chi connectivity index (χ2n) is 7.00. The summed E-state index contributed by atoms with van der Waals surface area (Å²) in [5, 5.41) is 4.48. The van der Waals surface area contributed by atoms with Crippen molar-refractivity contribution in [2.24, 2.45) is 0 Å². The zero-order valence-corrected chi connectivity index (χ0v) is 17.3. The molecule has 0 radical (unpaired) electrons. The number of fused-ring (bicyclic) bond motifs is 1. The maximum atomic E-state index is 5.56. The lowest BCUT2D eigenvalue weighted by atomic mass is 10.1. The first-order valence-corrected chi connectivity index (χ1v) is 10.0. The molecule has 30 heavy (non-hydrogen) atoms. The highest BCUT2D eigenvalue weighted by Gasteiger charge is 2.12. The lowest BCUT2D eigenvalue weighted by Gasteiger charge is -2.15. The van der Waals surface area contributed by atoms with Crippen LogP contribution in [-0.2, 0) is 19.4 Å². The molecule has 0 saturated carbocycles. The van der Waals surface area contributed by atoms with E-state index in [1.165, 1.54) is 5.56 Å². The number of methoxy groups -OCH3 is 2. The third-order valence-electron chi connectivity index (χ3n) is 5.06. The van der Waals surface area contributed by atoms with E-state index in [0.29, 0.717) is 12.3 Å². The minimum absolute atomic E-state index is 0.569. The van der Waals surface area contributed by atoms with E-state index >= 15 is 0 Å². The highest BCUT2D eigenvalue weighted by molar-refractivity contribution is 5.89. The average molecular weight is 399 g/mol. The van der Waals surface area contributed by atoms with Crippen LogP contribution >= 0.6 is 0 Å². The number of nitrogens with one attached hydrogen (secondary N) is 1. The normalized spacial score (nSPS) is 10.7. The third kappa shape index (κ3) is 4.35. The van der Waals surface area contributed by atoms with Crippen molar-refractivity contribution >= 4 is 16.7 Å². The second kappa shape index (κ2) is 9.27. The minimum Gasteiger partial charge on any atom is -0.493 e. The van der Waals surface area contributed by atoms with Gasteiger partial charge in [-0.1, -0.05) is 54.6 Å². The van der Waals surface area contributed by atoms with Crippen molar-refractivity contribution in [3.8, 4) is 11.5 Å². The topological polar surface area (TPSA) is 56.3 Å². The molecule has 4 aromatic rings. The Balaban J connectivity index is 1.60. The largest absolute Gasteiger partial charge is 0.493 e. The van der Waals surface area contributed by atoms with Crippen molar-refractivity contribution in [3.63, 3.8) is 0 Å². The van der Waals surface area contributed by atoms with E-state index in [1.807, 2.05) is 48.5 Å². The van der Waals surface area contributed by atoms with Crippen LogP contribution in [0.5, 0.6) is 11.5 Å². The highest BCUT2D eigenvalue weighted by atomic mass is 16.5. The summed E-state index contributed by atoms with van der Waals surface area (Å²) in [6.45, 7) is 0.569. The van der Waals surface area contributed by atoms with Crippen LogP contribution < -0.4 is 14.8 Å². The number of aromatic nitrogens is 2. The molecule has 0 unspecified atom stereocenters. The number of rotatable bonds is 8. The number of anilines is 1. The zero-order valence-electron chi connectivity index (χ0n) is 17.3. The van der Waals surface area contributed by atoms with Crippen molar-refractivity contribution in [1.29, 1.82) is 0 Å². The fraction of sp³-hybridized carbons (Fsp3) is 0.200. The maximum Gasteiger partial charge on any atom is 0.165 e. The predicted octanol–water partition coefficient (Wildman–Crippen LogP) is 5.04. The van der Waals surface area contributed by atoms with Crippen molar-refractivity contribution in [2.45, 2.75) is 19.4 Å². The molecule has 0 saturated heterocycles. The molecule has 0 aliphatic heterocycles. The molecular formula is C25H25N3O2. The van der Waals surface area contributed by atoms with Crippen molar-refractivity contribution in [3.05, 3.63) is 89.7 Å². The monoisotopic (exact) mass is 399 g/mol. The first-order valence-electron chi connectivity index (χ1n) is 10.0. The molecule has 0 atom stereocenters. The van der Waals surface area contributed by atoms with E-state index in [0.717, 1.165) is 46.7 Å². The first-order chi connectivity index (χ1) is 14.8. The summed E-state index contributed by atoms with van der Waals surface area (Å²) in [6.07, 6.45) is 1.69. The number of para-hydroxylation sites is 2. The fourth-order valence-electron chi connectivity index (χ4n) is 3.54. The number of hydrogen-bond acceptors (Lipinski definition) is 5. The van der Waals surface area contributed by atoms with Gasteiger partial charge in [-0.2, -0.15) is 0 Å². The molecule has 0 spiro atoms. The van der Waals surface area contributed by atoms with Gasteiger partial charge in [-0.3, -0.25) is 0 Å². The van der Waals surface area contributed by atoms with Gasteiger partial charge >= 0.3 is 0 Å². The summed E-state index contributed by atoms with van der Waals surface area (Å²) in [5.74, 6) is 3.11. The van der Waals surface area contributed by atoms with Gasteiger partial charge in [-0.25, -0.2) is 9.97 Å². The van der Waals surface area contributed by atoms with Crippen LogP contribution in [0.2, 0.25) is 0 Å². The number of hydrogen-bond donors (Lipinski definition) is 1. The Labute approximate surface area is 176 Å². The summed E-state index contributed by atoms with van der Waals surface area (Å²) in [4.78, 5) is 9.61. The molecule has 1 aromatic heterocycles. The van der Waals surface area contributed by atoms with E-state index < -0.39 is 0 Å². The Morgan fingerprint density at radius 3 is 2.37 bits per heavy atom. The third-order valence-corrected chi connectivity index (χ3v) is 5.06. The van der Waals surface area contributed by atoms with E-state index in [4.69, 9.17) is 19.4 Å². The molecule has 0 fully saturated rings. The zero-order chi connectivity index (χ0) is 20.8. The van der Waals surface area contributed by atoms with Gasteiger partial charge in [0.1, 0.15) is 11.6 Å². The number of ether oxygens (including phenoxy) is 2. The standard InChI is InChI=1S/C25H25N3O2/c1-29-22-14-8-11-19(24(22)30-2)17-26-25-20-12-6-7-13-21(20)27-23(28-25)16-15-18-9-4-3-5-10-18/h3-14H,15-17H2,1-2H3,(H,26,27,28). The molecule has 0 aliphatic rings. The quantitative estimate of drug-likeness (QED) is 0.450. The van der Waals surface area contributed by atoms with E-state index in [2.05, 4.69) is 29.6 Å². The molecule has 0 amide bonds. The van der Waals surface area contributed by atoms with Gasteiger partial charge < -0.3 is 14.8 Å². The molecule has 1 N–H and O–H groups in total. The van der Waals surface area contributed by atoms with E-state index in [9.17, 15) is 0 Å². The van der Waals surface area contributed by atoms with Crippen LogP contribution in [0, 0.1) is 0 Å². The van der Waals surface area contributed by atoms with Crippen LogP contribution in [0.25, 0.3) is 10.9 Å². The summed E-state index contributed by atoms with van der Waals surface area (Å²) in [6, 6.07) is 24.4. The predicted molar refractivity (Wildman–Crippen MR) is 120 cm³/mol. The van der Waals surface area contributed by atoms with Crippen LogP contribution in [0.4, 0.5) is 5.82 Å². The van der Waals surface area contributed by atoms with Gasteiger partial charge in [0, 0.05) is 23.9 Å². The molecule has 3 aromatic carbocycles. The van der Waals surface area contributed by atoms with Gasteiger partial charge in [0.2, 0.25) is 0 Å². The Hall–Kier alpha value is -3.60. The smallest absolute Gasteiger partial charge is 0.165 e. The molecule has 4 rings (SSSR count). The van der Waals surface area contributed by atoms with Gasteiger partial charge in [0.25, 0.3) is 0 Å². The van der Waals surface area contributed by atoms with Crippen LogP contribution in [0.1, 0.15) is 17.0 Å². The Kier molecular flexibility index (Phi) is 6.09. The Bertz CT molecular complexity index is 1130. The number of benzene rings is 3. The van der Waals surface area contributed by atoms with Crippen LogP contribution in [0.15, 0.2) is 72.8 Å². The first kappa shape index (κ1) is 19.7. The van der Waals surface area contributed by atoms with Crippen molar-refractivity contribution < 1.29 is 9.47 Å². The summed E-state index contributed by atoms with van der Waals surface area (Å²) < 4.78 is 11.0. The number of aryl methyl sites for hydroxylation is 2. The molecule has 152 valence electrons. The second-order valence-corrected chi connectivity index (χ2v) is 7.00. The minimum atomic E-state index is 0.569. The molecule has 0 bridgehead atoms. The van der Waals surface area contributed by atoms with Crippen molar-refractivity contribution in [1.82, 2.24) is 9.97 Å². The molecule has 5 nitrogen and oxygen atoms in total. The fourth-order valence-corrected chi connectivity index (χ4v) is 3.54. The Morgan fingerprint density at radius 1 is 0.767 bits per heavy atom. The summed E-state index contributed by atoms with van der Waals surface area (Å²) in [5.41, 5.74) is 3.23. The Morgan fingerprint density at radius 2 is 1.57 bits per heavy atom. The van der Waals surface area contributed by atoms with Gasteiger partial charge in [0.05, 0.1) is 19.7 Å². The lowest BCUT2D eigenvalue weighted by Crippen LogP contribution is -2.08. The lowest BCUT2D eigenvalue weighted by molar-refractivity contribution is 0.352. The van der Waals surface area contributed by atoms with Gasteiger partial charge in [-0.15, -0.1) is 0 Å². The molecular weight excluding hydrogens is 374 g/mol. The van der Waals surface area contributed by atoms with E-state index in [1.54, 1.807) is 14.2 Å². The molecule has 0 aliphatic carbocycles. The number of nitrogens with zero attached hydrogens (tertiary/aromatic N) is 2. The van der Waals surface area contributed by atoms with Crippen LogP contribution in [-0.4, -0.2) is 24.2 Å². The summed E-state index contributed by atoms with van der Waals surface area (Å²) in [7, 11) is 3.30. The SMILES string of the molecule is COc1cccc(CNc2nc(CCc3ccccc3)nc3ccccc23)c1OC. The van der Waals surface area contributed by atoms with Gasteiger partial charge in [0.15, 0.2) is 11.5 Å². The van der Waals surface area contributed by atoms with Crippen molar-refractivity contribution in [2.75, 3.05) is 19.5 Å². The average Bonchev–Trinajstić information content (AvgIpc) is 2.81. The molecule has 1 heterocycles. The van der Waals surface area contributed by atoms with Gasteiger partial charge in [-0.05, 0) is 30.2 Å². The molecule has 5 heteroatoms. The maximum absolute atomic E-state index is 5.56. The highest BCUT2D eigenvalue weighted by Crippen LogP contribution is 2.31. The van der Waals surface area contributed by atoms with Crippen LogP contribution in [0.3, 0.4) is 0 Å².